The highest BCUT2D eigenvalue weighted by atomic mass is 35.5. The number of phenolic OH excluding ortho intramolecular Hbond substituents is 1. The number of amides is 1. The molecule has 0 saturated carbocycles. The van der Waals surface area contributed by atoms with E-state index in [1.54, 1.807) is 19.1 Å². The Morgan fingerprint density at radius 3 is 2.50 bits per heavy atom. The number of anilines is 2. The minimum atomic E-state index is -0.369. The molecule has 0 bridgehead atoms. The second-order valence-electron chi connectivity index (χ2n) is 9.12. The number of aryl methyl sites for hydroxylation is 2. The molecular weight excluding hydrogens is 504 g/mol. The van der Waals surface area contributed by atoms with Crippen molar-refractivity contribution in [1.82, 2.24) is 20.6 Å². The van der Waals surface area contributed by atoms with Gasteiger partial charge in [0, 0.05) is 16.5 Å². The Morgan fingerprint density at radius 2 is 1.82 bits per heavy atom. The van der Waals surface area contributed by atoms with Crippen LogP contribution in [0.1, 0.15) is 42.3 Å². The molecule has 192 valence electrons. The summed E-state index contributed by atoms with van der Waals surface area (Å²) in [5, 5.41) is 35.4. The standard InChI is InChI=1S/C27H25ClN8O2/c1-14-5-10-21(11-15(14)2)36-27(38)24(17(4)33-36)30-29-23-13-20(28)12-22(25(23)37)19-8-6-18(7-9-19)16(3)26-31-34-35-32-26/h5-13,16,29,37H,1-4H3,(H,31,32,34,35)/b30-24+. The molecule has 2 heterocycles. The van der Waals surface area contributed by atoms with Crippen molar-refractivity contribution in [2.24, 2.45) is 10.2 Å². The third-order valence-electron chi connectivity index (χ3n) is 6.58. The number of tetrazole rings is 1. The van der Waals surface area contributed by atoms with Crippen LogP contribution in [-0.4, -0.2) is 43.1 Å². The molecule has 3 aromatic carbocycles. The number of carbonyl (C=O) groups is 1. The van der Waals surface area contributed by atoms with Gasteiger partial charge >= 0.3 is 5.91 Å². The second-order valence-corrected chi connectivity index (χ2v) is 9.56. The highest BCUT2D eigenvalue weighted by Crippen LogP contribution is 2.39. The number of hydrazone groups is 2. The number of aromatic nitrogens is 4. The quantitative estimate of drug-likeness (QED) is 0.233. The van der Waals surface area contributed by atoms with Gasteiger partial charge in [0.2, 0.25) is 0 Å². The van der Waals surface area contributed by atoms with Crippen LogP contribution in [0.15, 0.2) is 64.8 Å². The van der Waals surface area contributed by atoms with E-state index in [4.69, 9.17) is 11.6 Å². The minimum absolute atomic E-state index is 0.0303. The van der Waals surface area contributed by atoms with Crippen LogP contribution in [0.25, 0.3) is 11.1 Å². The SMILES string of the molecule is CC1=NN(c2ccc(C)c(C)c2)C(=O)/C1=N/Nc1cc(Cl)cc(-c2ccc(C(C)c3nnn[nH]3)cc2)c1O. The monoisotopic (exact) mass is 528 g/mol. The van der Waals surface area contributed by atoms with Crippen LogP contribution in [0.5, 0.6) is 5.75 Å². The molecule has 0 spiro atoms. The number of aromatic amines is 1. The van der Waals surface area contributed by atoms with Crippen LogP contribution >= 0.6 is 11.6 Å². The van der Waals surface area contributed by atoms with Crippen LogP contribution in [-0.2, 0) is 4.79 Å². The summed E-state index contributed by atoms with van der Waals surface area (Å²) >= 11 is 6.38. The third-order valence-corrected chi connectivity index (χ3v) is 6.80. The first-order valence-corrected chi connectivity index (χ1v) is 12.3. The zero-order valence-electron chi connectivity index (χ0n) is 21.2. The maximum Gasteiger partial charge on any atom is 0.301 e. The van der Waals surface area contributed by atoms with E-state index in [0.29, 0.717) is 27.8 Å². The number of hydrogen-bond donors (Lipinski definition) is 3. The fourth-order valence-electron chi connectivity index (χ4n) is 4.14. The van der Waals surface area contributed by atoms with Gasteiger partial charge in [0.25, 0.3) is 0 Å². The van der Waals surface area contributed by atoms with Gasteiger partial charge in [-0.2, -0.15) is 15.2 Å². The number of halogens is 1. The normalized spacial score (nSPS) is 15.2. The lowest BCUT2D eigenvalue weighted by Crippen LogP contribution is -2.28. The first kappa shape index (κ1) is 25.1. The summed E-state index contributed by atoms with van der Waals surface area (Å²) in [7, 11) is 0. The van der Waals surface area contributed by atoms with Gasteiger partial charge in [-0.1, -0.05) is 48.9 Å². The fraction of sp³-hybridized carbons (Fsp3) is 0.185. The second kappa shape index (κ2) is 10.1. The summed E-state index contributed by atoms with van der Waals surface area (Å²) in [5.74, 6) is 0.208. The Balaban J connectivity index is 1.39. The predicted molar refractivity (Wildman–Crippen MR) is 148 cm³/mol. The number of rotatable bonds is 6. The van der Waals surface area contributed by atoms with Gasteiger partial charge in [-0.25, -0.2) is 5.10 Å². The van der Waals surface area contributed by atoms with Crippen molar-refractivity contribution in [3.05, 3.63) is 82.1 Å². The molecule has 3 N–H and O–H groups in total. The molecule has 0 aliphatic carbocycles. The molecule has 5 rings (SSSR count). The number of carbonyl (C=O) groups excluding carboxylic acids is 1. The molecule has 4 aromatic rings. The zero-order valence-corrected chi connectivity index (χ0v) is 21.9. The van der Waals surface area contributed by atoms with Crippen LogP contribution in [0.3, 0.4) is 0 Å². The van der Waals surface area contributed by atoms with Crippen LogP contribution < -0.4 is 10.4 Å². The Kier molecular flexibility index (Phi) is 6.64. The van der Waals surface area contributed by atoms with E-state index in [0.717, 1.165) is 22.3 Å². The minimum Gasteiger partial charge on any atom is -0.505 e. The summed E-state index contributed by atoms with van der Waals surface area (Å²) in [6, 6.07) is 16.6. The number of H-pyrrole nitrogens is 1. The van der Waals surface area contributed by atoms with Crippen LogP contribution in [0, 0.1) is 13.8 Å². The van der Waals surface area contributed by atoms with Gasteiger partial charge < -0.3 is 5.11 Å². The molecule has 38 heavy (non-hydrogen) atoms. The van der Waals surface area contributed by atoms with Crippen molar-refractivity contribution in [1.29, 1.82) is 0 Å². The molecule has 0 saturated heterocycles. The molecule has 1 unspecified atom stereocenters. The molecule has 0 fully saturated rings. The molecule has 1 amide bonds. The summed E-state index contributed by atoms with van der Waals surface area (Å²) < 4.78 is 0. The summed E-state index contributed by atoms with van der Waals surface area (Å²) in [6.07, 6.45) is 0. The van der Waals surface area contributed by atoms with E-state index in [2.05, 4.69) is 36.3 Å². The van der Waals surface area contributed by atoms with Gasteiger partial charge in [-0.3, -0.25) is 10.2 Å². The van der Waals surface area contributed by atoms with Gasteiger partial charge in [0.1, 0.15) is 11.4 Å². The maximum atomic E-state index is 13.1. The van der Waals surface area contributed by atoms with E-state index in [9.17, 15) is 9.90 Å². The smallest absolute Gasteiger partial charge is 0.301 e. The molecule has 1 aliphatic rings. The molecule has 11 heteroatoms. The topological polar surface area (TPSA) is 132 Å². The van der Waals surface area contributed by atoms with Gasteiger partial charge in [-0.15, -0.1) is 5.10 Å². The summed E-state index contributed by atoms with van der Waals surface area (Å²) in [6.45, 7) is 7.69. The highest BCUT2D eigenvalue weighted by molar-refractivity contribution is 6.71. The third kappa shape index (κ3) is 4.73. The van der Waals surface area contributed by atoms with Crippen LogP contribution in [0.4, 0.5) is 11.4 Å². The molecule has 1 aromatic heterocycles. The average molecular weight is 529 g/mol. The lowest BCUT2D eigenvalue weighted by molar-refractivity contribution is -0.112. The number of aromatic hydroxyl groups is 1. The van der Waals surface area contributed by atoms with Crippen molar-refractivity contribution >= 4 is 40.3 Å². The first-order valence-electron chi connectivity index (χ1n) is 11.9. The van der Waals surface area contributed by atoms with Crippen LogP contribution in [0.2, 0.25) is 5.02 Å². The lowest BCUT2D eigenvalue weighted by Gasteiger charge is -2.14. The number of benzene rings is 3. The molecule has 1 atom stereocenters. The molecule has 1 aliphatic heterocycles. The number of hydrogen-bond acceptors (Lipinski definition) is 8. The Hall–Kier alpha value is -4.57. The van der Waals surface area contributed by atoms with Crippen molar-refractivity contribution in [2.75, 3.05) is 10.4 Å². The van der Waals surface area contributed by atoms with Gasteiger partial charge in [-0.05, 0) is 77.7 Å². The summed E-state index contributed by atoms with van der Waals surface area (Å²) in [5.41, 5.74) is 8.77. The Bertz CT molecular complexity index is 1580. The van der Waals surface area contributed by atoms with E-state index >= 15 is 0 Å². The average Bonchev–Trinajstić information content (AvgIpc) is 3.54. The van der Waals surface area contributed by atoms with Crippen molar-refractivity contribution in [3.63, 3.8) is 0 Å². The largest absolute Gasteiger partial charge is 0.505 e. The van der Waals surface area contributed by atoms with Gasteiger partial charge in [0.15, 0.2) is 11.5 Å². The zero-order chi connectivity index (χ0) is 27.0. The first-order chi connectivity index (χ1) is 18.2. The van der Waals surface area contributed by atoms with Crippen molar-refractivity contribution in [2.45, 2.75) is 33.6 Å². The molecule has 10 nitrogen and oxygen atoms in total. The fourth-order valence-corrected chi connectivity index (χ4v) is 4.36. The number of phenols is 1. The van der Waals surface area contributed by atoms with E-state index in [-0.39, 0.29) is 29.0 Å². The number of nitrogens with one attached hydrogen (secondary N) is 2. The van der Waals surface area contributed by atoms with E-state index in [1.807, 2.05) is 63.2 Å². The Labute approximate surface area is 224 Å². The maximum absolute atomic E-state index is 13.1. The molecular formula is C27H25ClN8O2. The van der Waals surface area contributed by atoms with E-state index in [1.165, 1.54) is 5.01 Å². The van der Waals surface area contributed by atoms with Crippen molar-refractivity contribution < 1.29 is 9.90 Å². The van der Waals surface area contributed by atoms with Gasteiger partial charge in [0.05, 0.1) is 11.4 Å². The summed E-state index contributed by atoms with van der Waals surface area (Å²) in [4.78, 5) is 13.1. The predicted octanol–water partition coefficient (Wildman–Crippen LogP) is 5.18. The lowest BCUT2D eigenvalue weighted by atomic mass is 9.96. The van der Waals surface area contributed by atoms with Crippen molar-refractivity contribution in [3.8, 4) is 16.9 Å². The van der Waals surface area contributed by atoms with E-state index < -0.39 is 0 Å². The highest BCUT2D eigenvalue weighted by Gasteiger charge is 2.31. The number of nitrogens with zero attached hydrogens (tertiary/aromatic N) is 6. The molecule has 0 radical (unpaired) electrons. The Morgan fingerprint density at radius 1 is 1.05 bits per heavy atom.